The summed E-state index contributed by atoms with van der Waals surface area (Å²) in [6.07, 6.45) is 0. The predicted molar refractivity (Wildman–Crippen MR) is 42.3 cm³/mol. The van der Waals surface area contributed by atoms with Gasteiger partial charge in [0.2, 0.25) is 0 Å². The molecule has 3 aliphatic rings. The molecule has 0 aliphatic carbocycles. The highest BCUT2D eigenvalue weighted by molar-refractivity contribution is 7.78. The van der Waals surface area contributed by atoms with Crippen molar-refractivity contribution in [2.75, 3.05) is 26.4 Å². The van der Waals surface area contributed by atoms with Gasteiger partial charge in [0, 0.05) is 0 Å². The number of aliphatic hydroxyl groups is 1. The molecule has 3 fully saturated rings. The average molecular weight is 209 g/mol. The van der Waals surface area contributed by atoms with Gasteiger partial charge in [-0.1, -0.05) is 0 Å². The summed E-state index contributed by atoms with van der Waals surface area (Å²) in [6.45, 7) is 0.476. The van der Waals surface area contributed by atoms with Crippen molar-refractivity contribution in [2.24, 2.45) is 5.41 Å². The number of aliphatic hydroxyl groups excluding tert-OH is 1. The molecule has 0 aromatic rings. The number of rotatable bonds is 2. The SMILES string of the molecule is O=C(O)[P+]12OCC(CO)(CO1)CO2. The van der Waals surface area contributed by atoms with E-state index in [4.69, 9.17) is 23.8 Å². The van der Waals surface area contributed by atoms with Gasteiger partial charge in [-0.25, -0.2) is 0 Å². The van der Waals surface area contributed by atoms with E-state index in [1.165, 1.54) is 0 Å². The molecule has 7 heteroatoms. The summed E-state index contributed by atoms with van der Waals surface area (Å²) in [5, 5.41) is 17.8. The van der Waals surface area contributed by atoms with Gasteiger partial charge in [-0.3, -0.25) is 0 Å². The normalized spacial score (nSPS) is 43.5. The summed E-state index contributed by atoms with van der Waals surface area (Å²) >= 11 is 0. The topological polar surface area (TPSA) is 85.2 Å². The second-order valence-corrected chi connectivity index (χ2v) is 5.41. The molecule has 2 bridgehead atoms. The molecular weight excluding hydrogens is 199 g/mol. The Kier molecular flexibility index (Phi) is 2.05. The van der Waals surface area contributed by atoms with Crippen LogP contribution in [0.4, 0.5) is 4.79 Å². The fourth-order valence-electron chi connectivity index (χ4n) is 1.21. The van der Waals surface area contributed by atoms with Crippen LogP contribution in [0.25, 0.3) is 0 Å². The third-order valence-corrected chi connectivity index (χ3v) is 4.07. The second kappa shape index (κ2) is 2.87. The van der Waals surface area contributed by atoms with Crippen LogP contribution in [0.2, 0.25) is 0 Å². The average Bonchev–Trinajstić information content (AvgIpc) is 2.20. The molecule has 3 saturated heterocycles. The van der Waals surface area contributed by atoms with Crippen LogP contribution in [0.1, 0.15) is 0 Å². The molecule has 3 aliphatic heterocycles. The van der Waals surface area contributed by atoms with Crippen molar-refractivity contribution in [3.05, 3.63) is 0 Å². The molecule has 0 aromatic heterocycles. The zero-order valence-corrected chi connectivity index (χ0v) is 7.70. The van der Waals surface area contributed by atoms with Crippen molar-refractivity contribution in [1.29, 1.82) is 0 Å². The van der Waals surface area contributed by atoms with Crippen molar-refractivity contribution in [3.8, 4) is 0 Å². The Balaban J connectivity index is 2.16. The number of carboxylic acid groups (broad SMARTS) is 1. The third-order valence-electron chi connectivity index (χ3n) is 2.19. The van der Waals surface area contributed by atoms with E-state index >= 15 is 0 Å². The van der Waals surface area contributed by atoms with Crippen LogP contribution >= 0.6 is 7.94 Å². The van der Waals surface area contributed by atoms with E-state index in [-0.39, 0.29) is 26.4 Å². The van der Waals surface area contributed by atoms with E-state index in [1.54, 1.807) is 0 Å². The van der Waals surface area contributed by atoms with Crippen molar-refractivity contribution in [3.63, 3.8) is 0 Å². The van der Waals surface area contributed by atoms with Gasteiger partial charge in [0.1, 0.15) is 19.8 Å². The summed E-state index contributed by atoms with van der Waals surface area (Å²) in [5.41, 5.74) is -1.74. The smallest absolute Gasteiger partial charge is 0.445 e. The molecule has 0 atom stereocenters. The summed E-state index contributed by atoms with van der Waals surface area (Å²) < 4.78 is 15.1. The van der Waals surface area contributed by atoms with Gasteiger partial charge < -0.3 is 10.2 Å². The molecule has 6 nitrogen and oxygen atoms in total. The third kappa shape index (κ3) is 1.26. The molecule has 0 aromatic carbocycles. The van der Waals surface area contributed by atoms with Crippen LogP contribution in [0.5, 0.6) is 0 Å². The molecule has 0 amide bonds. The lowest BCUT2D eigenvalue weighted by Gasteiger charge is -2.40. The molecule has 0 saturated carbocycles. The van der Waals surface area contributed by atoms with E-state index in [9.17, 15) is 4.79 Å². The molecule has 0 radical (unpaired) electrons. The Morgan fingerprint density at radius 3 is 2.08 bits per heavy atom. The fraction of sp³-hybridized carbons (Fsp3) is 0.833. The quantitative estimate of drug-likeness (QED) is 0.643. The van der Waals surface area contributed by atoms with E-state index in [1.807, 2.05) is 0 Å². The van der Waals surface area contributed by atoms with Crippen molar-refractivity contribution >= 4 is 13.7 Å². The largest absolute Gasteiger partial charge is 0.543 e. The molecule has 2 N–H and O–H groups in total. The van der Waals surface area contributed by atoms with E-state index in [0.29, 0.717) is 0 Å². The van der Waals surface area contributed by atoms with E-state index < -0.39 is 19.1 Å². The highest BCUT2D eigenvalue weighted by Gasteiger charge is 2.67. The minimum Gasteiger partial charge on any atom is -0.445 e. The Labute approximate surface area is 75.0 Å². The lowest BCUT2D eigenvalue weighted by Crippen LogP contribution is -2.49. The van der Waals surface area contributed by atoms with Gasteiger partial charge in [-0.05, 0) is 0 Å². The zero-order valence-electron chi connectivity index (χ0n) is 6.80. The van der Waals surface area contributed by atoms with Crippen LogP contribution in [-0.2, 0) is 13.6 Å². The van der Waals surface area contributed by atoms with Crippen molar-refractivity contribution in [1.82, 2.24) is 0 Å². The summed E-state index contributed by atoms with van der Waals surface area (Å²) in [7, 11) is -3.13. The number of fused-ring (bicyclic) bond motifs is 3. The first-order valence-corrected chi connectivity index (χ1v) is 5.34. The van der Waals surface area contributed by atoms with Crippen LogP contribution in [0.15, 0.2) is 0 Å². The van der Waals surface area contributed by atoms with Crippen LogP contribution in [-0.4, -0.2) is 42.4 Å². The first-order valence-electron chi connectivity index (χ1n) is 3.80. The highest BCUT2D eigenvalue weighted by atomic mass is 31.2. The van der Waals surface area contributed by atoms with Crippen LogP contribution in [0.3, 0.4) is 0 Å². The maximum atomic E-state index is 10.7. The van der Waals surface area contributed by atoms with Gasteiger partial charge in [0.05, 0.1) is 12.0 Å². The van der Waals surface area contributed by atoms with E-state index in [0.717, 1.165) is 0 Å². The minimum absolute atomic E-state index is 0.118. The van der Waals surface area contributed by atoms with Crippen molar-refractivity contribution < 1.29 is 28.6 Å². The number of hydrogen-bond donors (Lipinski definition) is 2. The fourth-order valence-corrected chi connectivity index (χ4v) is 3.09. The Bertz CT molecular complexity index is 217. The van der Waals surface area contributed by atoms with Crippen LogP contribution < -0.4 is 0 Å². The lowest BCUT2D eigenvalue weighted by molar-refractivity contribution is -0.106. The van der Waals surface area contributed by atoms with Gasteiger partial charge in [0.25, 0.3) is 0 Å². The van der Waals surface area contributed by atoms with E-state index in [2.05, 4.69) is 0 Å². The second-order valence-electron chi connectivity index (χ2n) is 3.26. The maximum Gasteiger partial charge on any atom is 0.543 e. The van der Waals surface area contributed by atoms with Gasteiger partial charge in [-0.2, -0.15) is 18.4 Å². The minimum atomic E-state index is -3.13. The monoisotopic (exact) mass is 209 g/mol. The molecule has 74 valence electrons. The predicted octanol–water partition coefficient (Wildman–Crippen LogP) is 0.483. The Morgan fingerprint density at radius 2 is 1.77 bits per heavy atom. The summed E-state index contributed by atoms with van der Waals surface area (Å²) in [6, 6.07) is 0. The van der Waals surface area contributed by atoms with Gasteiger partial charge in [-0.15, -0.1) is 0 Å². The Morgan fingerprint density at radius 1 is 1.31 bits per heavy atom. The maximum absolute atomic E-state index is 10.7. The van der Waals surface area contributed by atoms with Crippen molar-refractivity contribution in [2.45, 2.75) is 0 Å². The number of carbonyl (C=O) groups is 1. The number of hydrogen-bond acceptors (Lipinski definition) is 5. The molecule has 13 heavy (non-hydrogen) atoms. The Hall–Kier alpha value is -0.260. The first kappa shape index (κ1) is 9.30. The molecule has 0 unspecified atom stereocenters. The summed E-state index contributed by atoms with van der Waals surface area (Å²) in [4.78, 5) is 10.7. The highest BCUT2D eigenvalue weighted by Crippen LogP contribution is 2.69. The zero-order chi connectivity index (χ0) is 9.53. The van der Waals surface area contributed by atoms with Gasteiger partial charge in [0.15, 0.2) is 0 Å². The lowest BCUT2D eigenvalue weighted by atomic mass is 9.93. The standard InChI is InChI=1S/C6H9O6P/c7-1-6-2-10-13(5(8)9,11-3-6)12-4-6/h7H,1-4H2/p+1. The van der Waals surface area contributed by atoms with Gasteiger partial charge >= 0.3 is 13.7 Å². The molecule has 3 heterocycles. The van der Waals surface area contributed by atoms with Crippen LogP contribution in [0, 0.1) is 5.41 Å². The molecule has 0 spiro atoms. The first-order chi connectivity index (χ1) is 6.13. The molecule has 3 rings (SSSR count). The molecular formula is C6H10O6P+. The summed E-state index contributed by atoms with van der Waals surface area (Å²) in [5.74, 6) is 0.